The molecule has 2 aromatic carbocycles. The molecule has 0 bridgehead atoms. The highest BCUT2D eigenvalue weighted by molar-refractivity contribution is 6.05. The van der Waals surface area contributed by atoms with Crippen LogP contribution in [-0.2, 0) is 6.42 Å². The van der Waals surface area contributed by atoms with Crippen LogP contribution < -0.4 is 19.5 Å². The second-order valence-electron chi connectivity index (χ2n) is 5.05. The van der Waals surface area contributed by atoms with Crippen molar-refractivity contribution < 1.29 is 19.0 Å². The second kappa shape index (κ2) is 8.06. The summed E-state index contributed by atoms with van der Waals surface area (Å²) in [4.78, 5) is 12.6. The lowest BCUT2D eigenvalue weighted by atomic mass is 10.0. The lowest BCUT2D eigenvalue weighted by Crippen LogP contribution is -2.13. The molecule has 5 heteroatoms. The molecule has 0 saturated carbocycles. The van der Waals surface area contributed by atoms with Crippen molar-refractivity contribution in [2.75, 3.05) is 26.6 Å². The first-order valence-electron chi connectivity index (χ1n) is 7.44. The molecule has 0 fully saturated rings. The maximum Gasteiger partial charge on any atom is 0.255 e. The van der Waals surface area contributed by atoms with Gasteiger partial charge < -0.3 is 19.5 Å². The summed E-state index contributed by atoms with van der Waals surface area (Å²) in [6.45, 7) is 3.74. The van der Waals surface area contributed by atoms with Crippen molar-refractivity contribution in [1.82, 2.24) is 0 Å². The van der Waals surface area contributed by atoms with Crippen LogP contribution in [0.1, 0.15) is 15.9 Å². The maximum atomic E-state index is 12.6. The van der Waals surface area contributed by atoms with E-state index in [4.69, 9.17) is 14.2 Å². The number of rotatable bonds is 7. The summed E-state index contributed by atoms with van der Waals surface area (Å²) >= 11 is 0. The van der Waals surface area contributed by atoms with Gasteiger partial charge in [-0.3, -0.25) is 4.79 Å². The van der Waals surface area contributed by atoms with Gasteiger partial charge >= 0.3 is 0 Å². The zero-order chi connectivity index (χ0) is 17.5. The summed E-state index contributed by atoms with van der Waals surface area (Å²) in [5.74, 6) is 1.55. The number of methoxy groups -OCH3 is 3. The zero-order valence-corrected chi connectivity index (χ0v) is 14.1. The molecule has 0 aliphatic heterocycles. The predicted molar refractivity (Wildman–Crippen MR) is 94.4 cm³/mol. The Kier molecular flexibility index (Phi) is 5.84. The molecule has 1 amide bonds. The number of ether oxygens (including phenoxy) is 3. The van der Waals surface area contributed by atoms with Gasteiger partial charge in [-0.1, -0.05) is 12.1 Å². The Morgan fingerprint density at radius 2 is 1.92 bits per heavy atom. The Morgan fingerprint density at radius 1 is 1.12 bits per heavy atom. The van der Waals surface area contributed by atoms with E-state index in [0.717, 1.165) is 5.56 Å². The largest absolute Gasteiger partial charge is 0.497 e. The van der Waals surface area contributed by atoms with Crippen LogP contribution in [0.4, 0.5) is 5.69 Å². The molecule has 0 aromatic heterocycles. The van der Waals surface area contributed by atoms with E-state index in [1.807, 2.05) is 12.1 Å². The molecule has 5 nitrogen and oxygen atoms in total. The Bertz CT molecular complexity index is 740. The van der Waals surface area contributed by atoms with Gasteiger partial charge in [0.05, 0.1) is 21.3 Å². The van der Waals surface area contributed by atoms with Crippen LogP contribution in [-0.4, -0.2) is 27.2 Å². The highest BCUT2D eigenvalue weighted by atomic mass is 16.5. The SMILES string of the molecule is C=CCc1cc(C(=O)Nc2cccc(OC)c2)cc(OC)c1OC. The van der Waals surface area contributed by atoms with Crippen molar-refractivity contribution in [2.24, 2.45) is 0 Å². The first kappa shape index (κ1) is 17.4. The van der Waals surface area contributed by atoms with Crippen molar-refractivity contribution in [2.45, 2.75) is 6.42 Å². The van der Waals surface area contributed by atoms with Gasteiger partial charge in [0, 0.05) is 22.9 Å². The minimum Gasteiger partial charge on any atom is -0.497 e. The topological polar surface area (TPSA) is 56.8 Å². The molecule has 0 atom stereocenters. The standard InChI is InChI=1S/C19H21NO4/c1-5-7-13-10-14(11-17(23-3)18(13)24-4)19(21)20-15-8-6-9-16(12-15)22-2/h5-6,8-12H,1,7H2,2-4H3,(H,20,21). The normalized spacial score (nSPS) is 9.96. The van der Waals surface area contributed by atoms with Gasteiger partial charge in [-0.15, -0.1) is 6.58 Å². The summed E-state index contributed by atoms with van der Waals surface area (Å²) in [5.41, 5.74) is 1.97. The van der Waals surface area contributed by atoms with E-state index in [-0.39, 0.29) is 5.91 Å². The molecular weight excluding hydrogens is 306 g/mol. The van der Waals surface area contributed by atoms with E-state index in [1.54, 1.807) is 51.7 Å². The van der Waals surface area contributed by atoms with Gasteiger partial charge in [0.25, 0.3) is 5.91 Å². The van der Waals surface area contributed by atoms with Crippen molar-refractivity contribution in [3.63, 3.8) is 0 Å². The zero-order valence-electron chi connectivity index (χ0n) is 14.1. The fourth-order valence-corrected chi connectivity index (χ4v) is 2.39. The number of hydrogen-bond donors (Lipinski definition) is 1. The number of carbonyl (C=O) groups is 1. The van der Waals surface area contributed by atoms with E-state index in [0.29, 0.717) is 34.9 Å². The lowest BCUT2D eigenvalue weighted by molar-refractivity contribution is 0.102. The predicted octanol–water partition coefficient (Wildman–Crippen LogP) is 3.69. The van der Waals surface area contributed by atoms with Crippen molar-refractivity contribution in [3.05, 3.63) is 60.2 Å². The number of allylic oxidation sites excluding steroid dienone is 1. The van der Waals surface area contributed by atoms with Crippen LogP contribution in [0.5, 0.6) is 17.2 Å². The number of anilines is 1. The van der Waals surface area contributed by atoms with Gasteiger partial charge in [-0.25, -0.2) is 0 Å². The second-order valence-corrected chi connectivity index (χ2v) is 5.05. The smallest absolute Gasteiger partial charge is 0.255 e. The third kappa shape index (κ3) is 3.87. The molecule has 0 spiro atoms. The third-order valence-electron chi connectivity index (χ3n) is 3.51. The monoisotopic (exact) mass is 327 g/mol. The average molecular weight is 327 g/mol. The van der Waals surface area contributed by atoms with Crippen LogP contribution in [0.15, 0.2) is 49.1 Å². The molecule has 0 saturated heterocycles. The Labute approximate surface area is 141 Å². The number of benzene rings is 2. The van der Waals surface area contributed by atoms with Crippen molar-refractivity contribution in [1.29, 1.82) is 0 Å². The van der Waals surface area contributed by atoms with Gasteiger partial charge in [0.2, 0.25) is 0 Å². The van der Waals surface area contributed by atoms with E-state index in [1.165, 1.54) is 0 Å². The Balaban J connectivity index is 2.34. The molecule has 0 heterocycles. The first-order chi connectivity index (χ1) is 11.6. The summed E-state index contributed by atoms with van der Waals surface area (Å²) < 4.78 is 15.9. The van der Waals surface area contributed by atoms with E-state index >= 15 is 0 Å². The summed E-state index contributed by atoms with van der Waals surface area (Å²) in [6.07, 6.45) is 2.32. The van der Waals surface area contributed by atoms with E-state index in [9.17, 15) is 4.79 Å². The molecule has 2 rings (SSSR count). The molecule has 0 unspecified atom stereocenters. The minimum atomic E-state index is -0.241. The number of hydrogen-bond acceptors (Lipinski definition) is 4. The van der Waals surface area contributed by atoms with E-state index in [2.05, 4.69) is 11.9 Å². The molecule has 2 aromatic rings. The number of amides is 1. The van der Waals surface area contributed by atoms with Crippen LogP contribution in [0.3, 0.4) is 0 Å². The maximum absolute atomic E-state index is 12.6. The molecule has 0 radical (unpaired) electrons. The summed E-state index contributed by atoms with van der Waals surface area (Å²) in [6, 6.07) is 10.6. The van der Waals surface area contributed by atoms with Crippen LogP contribution in [0.2, 0.25) is 0 Å². The highest BCUT2D eigenvalue weighted by Gasteiger charge is 2.16. The molecule has 0 aliphatic rings. The average Bonchev–Trinajstić information content (AvgIpc) is 2.61. The summed E-state index contributed by atoms with van der Waals surface area (Å²) in [5, 5.41) is 2.85. The van der Waals surface area contributed by atoms with Crippen LogP contribution in [0.25, 0.3) is 0 Å². The fourth-order valence-electron chi connectivity index (χ4n) is 2.39. The van der Waals surface area contributed by atoms with Crippen molar-refractivity contribution >= 4 is 11.6 Å². The first-order valence-corrected chi connectivity index (χ1v) is 7.44. The van der Waals surface area contributed by atoms with Gasteiger partial charge in [-0.05, 0) is 30.7 Å². The number of carbonyl (C=O) groups excluding carboxylic acids is 1. The fraction of sp³-hybridized carbons (Fsp3) is 0.211. The van der Waals surface area contributed by atoms with Gasteiger partial charge in [0.15, 0.2) is 11.5 Å². The summed E-state index contributed by atoms with van der Waals surface area (Å²) in [7, 11) is 4.69. The molecular formula is C19H21NO4. The van der Waals surface area contributed by atoms with Gasteiger partial charge in [-0.2, -0.15) is 0 Å². The van der Waals surface area contributed by atoms with E-state index < -0.39 is 0 Å². The minimum absolute atomic E-state index is 0.241. The Hall–Kier alpha value is -2.95. The molecule has 0 aliphatic carbocycles. The number of nitrogens with one attached hydrogen (secondary N) is 1. The molecule has 24 heavy (non-hydrogen) atoms. The molecule has 126 valence electrons. The Morgan fingerprint density at radius 3 is 2.54 bits per heavy atom. The molecule has 1 N–H and O–H groups in total. The highest BCUT2D eigenvalue weighted by Crippen LogP contribution is 2.33. The quantitative estimate of drug-likeness (QED) is 0.788. The van der Waals surface area contributed by atoms with Crippen LogP contribution in [0, 0.1) is 0 Å². The lowest BCUT2D eigenvalue weighted by Gasteiger charge is -2.14. The van der Waals surface area contributed by atoms with Gasteiger partial charge in [0.1, 0.15) is 5.75 Å². The third-order valence-corrected chi connectivity index (χ3v) is 3.51. The van der Waals surface area contributed by atoms with Crippen molar-refractivity contribution in [3.8, 4) is 17.2 Å². The van der Waals surface area contributed by atoms with Crippen LogP contribution >= 0.6 is 0 Å².